The highest BCUT2D eigenvalue weighted by molar-refractivity contribution is 5.94. The molecule has 1 aliphatic heterocycles. The Morgan fingerprint density at radius 3 is 2.43 bits per heavy atom. The second kappa shape index (κ2) is 13.6. The summed E-state index contributed by atoms with van der Waals surface area (Å²) < 4.78 is 13.2. The van der Waals surface area contributed by atoms with Gasteiger partial charge in [-0.05, 0) is 107 Å². The topological polar surface area (TPSA) is 123 Å². The van der Waals surface area contributed by atoms with Crippen LogP contribution in [0.1, 0.15) is 87.6 Å². The van der Waals surface area contributed by atoms with Crippen LogP contribution in [0, 0.1) is 18.8 Å². The molecule has 3 aliphatic carbocycles. The lowest BCUT2D eigenvalue weighted by Gasteiger charge is -2.37. The summed E-state index contributed by atoms with van der Waals surface area (Å²) in [6.45, 7) is 3.27. The Labute approximate surface area is 276 Å². The van der Waals surface area contributed by atoms with Crippen LogP contribution in [0.3, 0.4) is 0 Å². The minimum Gasteiger partial charge on any atom is -0.495 e. The SMILES string of the molecule is COc1ccc(C2CCC(CN(C(=O)C3CCC(OC(=O)N4CC(O)C4)CC3)c3cc(-c4cnn(C5CC5)c4)ccn3)CC2)nc1C. The standard InChI is InChI=1S/C36H46N6O5/c1-23-33(46-2)14-13-32(39-23)25-5-3-24(4-6-25)19-41(34-17-27(15-16-37-34)28-18-38-42(20-28)29-9-10-29)35(44)26-7-11-31(12-8-26)47-36(45)40-21-30(43)22-40/h13-18,20,24-26,29-31,43H,3-12,19,21-22H2,1-2H3. The highest BCUT2D eigenvalue weighted by Crippen LogP contribution is 2.39. The summed E-state index contributed by atoms with van der Waals surface area (Å²) >= 11 is 0. The number of rotatable bonds is 9. The number of aliphatic hydroxyl groups is 1. The number of likely N-dealkylation sites (tertiary alicyclic amines) is 1. The summed E-state index contributed by atoms with van der Waals surface area (Å²) in [7, 11) is 1.68. The normalized spacial score (nSPS) is 24.8. The monoisotopic (exact) mass is 642 g/mol. The first kappa shape index (κ1) is 31.6. The number of nitrogens with zero attached hydrogens (tertiary/aromatic N) is 6. The van der Waals surface area contributed by atoms with Crippen molar-refractivity contribution in [2.45, 2.75) is 95.3 Å². The van der Waals surface area contributed by atoms with Gasteiger partial charge in [-0.15, -0.1) is 0 Å². The molecule has 0 atom stereocenters. The van der Waals surface area contributed by atoms with E-state index in [4.69, 9.17) is 19.4 Å². The number of pyridine rings is 2. The maximum absolute atomic E-state index is 14.3. The molecule has 250 valence electrons. The molecule has 47 heavy (non-hydrogen) atoms. The van der Waals surface area contributed by atoms with Crippen molar-refractivity contribution < 1.29 is 24.2 Å². The number of hydrogen-bond acceptors (Lipinski definition) is 8. The molecule has 4 heterocycles. The average Bonchev–Trinajstić information content (AvgIpc) is 3.81. The van der Waals surface area contributed by atoms with Gasteiger partial charge in [0.2, 0.25) is 5.91 Å². The van der Waals surface area contributed by atoms with Crippen LogP contribution in [0.4, 0.5) is 10.6 Å². The summed E-state index contributed by atoms with van der Waals surface area (Å²) in [5, 5.41) is 14.1. The lowest BCUT2D eigenvalue weighted by Crippen LogP contribution is -2.54. The Hall–Kier alpha value is -3.99. The largest absolute Gasteiger partial charge is 0.495 e. The first-order chi connectivity index (χ1) is 22.8. The Kier molecular flexibility index (Phi) is 9.16. The van der Waals surface area contributed by atoms with E-state index in [2.05, 4.69) is 17.4 Å². The average molecular weight is 643 g/mol. The molecule has 4 aliphatic rings. The van der Waals surface area contributed by atoms with E-state index < -0.39 is 6.10 Å². The predicted octanol–water partition coefficient (Wildman–Crippen LogP) is 5.67. The molecule has 3 aromatic heterocycles. The van der Waals surface area contributed by atoms with Crippen LogP contribution in [-0.2, 0) is 9.53 Å². The number of amides is 2. The minimum atomic E-state index is -0.457. The third kappa shape index (κ3) is 7.15. The van der Waals surface area contributed by atoms with Gasteiger partial charge >= 0.3 is 6.09 Å². The molecule has 0 bridgehead atoms. The quantitative estimate of drug-likeness (QED) is 0.317. The van der Waals surface area contributed by atoms with E-state index in [-0.39, 0.29) is 24.0 Å². The van der Waals surface area contributed by atoms with Crippen molar-refractivity contribution in [3.63, 3.8) is 0 Å². The van der Waals surface area contributed by atoms with Gasteiger partial charge in [0.05, 0.1) is 44.2 Å². The van der Waals surface area contributed by atoms with Crippen molar-refractivity contribution in [3.8, 4) is 16.9 Å². The minimum absolute atomic E-state index is 0.105. The van der Waals surface area contributed by atoms with Gasteiger partial charge < -0.3 is 19.5 Å². The van der Waals surface area contributed by atoms with E-state index in [9.17, 15) is 14.7 Å². The smallest absolute Gasteiger partial charge is 0.410 e. The molecule has 11 nitrogen and oxygen atoms in total. The zero-order chi connectivity index (χ0) is 32.5. The van der Waals surface area contributed by atoms with Crippen LogP contribution in [0.15, 0.2) is 42.9 Å². The van der Waals surface area contributed by atoms with Gasteiger partial charge in [0.15, 0.2) is 0 Å². The number of carbonyl (C=O) groups is 2. The van der Waals surface area contributed by atoms with E-state index in [0.717, 1.165) is 53.9 Å². The third-order valence-corrected chi connectivity index (χ3v) is 10.5. The van der Waals surface area contributed by atoms with Crippen molar-refractivity contribution in [2.24, 2.45) is 11.8 Å². The number of carbonyl (C=O) groups excluding carboxylic acids is 2. The molecule has 1 saturated heterocycles. The molecule has 0 spiro atoms. The molecule has 7 rings (SSSR count). The van der Waals surface area contributed by atoms with Crippen molar-refractivity contribution >= 4 is 17.8 Å². The van der Waals surface area contributed by atoms with Gasteiger partial charge in [-0.3, -0.25) is 19.4 Å². The maximum Gasteiger partial charge on any atom is 0.410 e. The van der Waals surface area contributed by atoms with Gasteiger partial charge in [0.25, 0.3) is 0 Å². The number of aliphatic hydroxyl groups excluding tert-OH is 1. The molecule has 2 amide bonds. The van der Waals surface area contributed by atoms with Crippen LogP contribution >= 0.6 is 0 Å². The molecule has 0 unspecified atom stereocenters. The van der Waals surface area contributed by atoms with Crippen molar-refractivity contribution in [1.29, 1.82) is 0 Å². The number of hydrogen-bond donors (Lipinski definition) is 1. The van der Waals surface area contributed by atoms with E-state index in [1.807, 2.05) is 40.9 Å². The van der Waals surface area contributed by atoms with Gasteiger partial charge in [-0.2, -0.15) is 5.10 Å². The predicted molar refractivity (Wildman–Crippen MR) is 176 cm³/mol. The van der Waals surface area contributed by atoms with Crippen molar-refractivity contribution in [1.82, 2.24) is 24.6 Å². The van der Waals surface area contributed by atoms with Crippen molar-refractivity contribution in [2.75, 3.05) is 31.6 Å². The molecule has 3 saturated carbocycles. The summed E-state index contributed by atoms with van der Waals surface area (Å²) in [5.74, 6) is 2.22. The molecular formula is C36H46N6O5. The van der Waals surface area contributed by atoms with Crippen molar-refractivity contribution in [3.05, 3.63) is 54.2 Å². The Bertz CT molecular complexity index is 1570. The van der Waals surface area contributed by atoms with Crippen LogP contribution in [0.2, 0.25) is 0 Å². The first-order valence-electron chi connectivity index (χ1n) is 17.3. The molecule has 0 aromatic carbocycles. The molecule has 4 fully saturated rings. The van der Waals surface area contributed by atoms with E-state index in [1.54, 1.807) is 13.3 Å². The highest BCUT2D eigenvalue weighted by atomic mass is 16.6. The fourth-order valence-electron chi connectivity index (χ4n) is 7.45. The lowest BCUT2D eigenvalue weighted by molar-refractivity contribution is -0.124. The second-order valence-corrected chi connectivity index (χ2v) is 13.9. The summed E-state index contributed by atoms with van der Waals surface area (Å²) in [5.41, 5.74) is 4.09. The van der Waals surface area contributed by atoms with Gasteiger partial charge in [-0.1, -0.05) is 0 Å². The summed E-state index contributed by atoms with van der Waals surface area (Å²) in [4.78, 5) is 39.8. The number of aryl methyl sites for hydroxylation is 1. The molecule has 1 N–H and O–H groups in total. The van der Waals surface area contributed by atoms with Gasteiger partial charge in [-0.25, -0.2) is 9.78 Å². The van der Waals surface area contributed by atoms with E-state index >= 15 is 0 Å². The zero-order valence-electron chi connectivity index (χ0n) is 27.5. The van der Waals surface area contributed by atoms with Crippen LogP contribution in [0.5, 0.6) is 5.75 Å². The van der Waals surface area contributed by atoms with E-state index in [1.165, 1.54) is 17.7 Å². The fraction of sp³-hybridized carbons (Fsp3) is 0.583. The first-order valence-corrected chi connectivity index (χ1v) is 17.3. The molecule has 11 heteroatoms. The summed E-state index contributed by atoms with van der Waals surface area (Å²) in [6, 6.07) is 8.64. The van der Waals surface area contributed by atoms with E-state index in [0.29, 0.717) is 69.0 Å². The second-order valence-electron chi connectivity index (χ2n) is 13.9. The Morgan fingerprint density at radius 2 is 1.74 bits per heavy atom. The molecule has 3 aromatic rings. The maximum atomic E-state index is 14.3. The Morgan fingerprint density at radius 1 is 0.979 bits per heavy atom. The fourth-order valence-corrected chi connectivity index (χ4v) is 7.45. The number of aromatic nitrogens is 4. The third-order valence-electron chi connectivity index (χ3n) is 10.5. The van der Waals surface area contributed by atoms with Crippen LogP contribution < -0.4 is 9.64 Å². The molecule has 0 radical (unpaired) electrons. The van der Waals surface area contributed by atoms with Crippen LogP contribution in [0.25, 0.3) is 11.1 Å². The highest BCUT2D eigenvalue weighted by Gasteiger charge is 2.36. The zero-order valence-corrected chi connectivity index (χ0v) is 27.5. The van der Waals surface area contributed by atoms with Gasteiger partial charge in [0, 0.05) is 42.0 Å². The van der Waals surface area contributed by atoms with Crippen LogP contribution in [-0.4, -0.2) is 80.7 Å². The molecular weight excluding hydrogens is 596 g/mol. The van der Waals surface area contributed by atoms with Gasteiger partial charge in [0.1, 0.15) is 17.7 Å². The lowest BCUT2D eigenvalue weighted by atomic mass is 9.79. The number of methoxy groups -OCH3 is 1. The summed E-state index contributed by atoms with van der Waals surface area (Å²) in [6.07, 6.45) is 13.9. The number of ether oxygens (including phenoxy) is 2. The number of β-amino-alcohol motifs (C(OH)–C–C–N with tert-alkyl or cyclic N) is 1. The number of anilines is 1. The Balaban J connectivity index is 1.04.